The molecule has 118 valence electrons. The normalized spacial score (nSPS) is 24.8. The Bertz CT molecular complexity index is 580. The molecule has 3 aliphatic rings. The first kappa shape index (κ1) is 13.9. The number of rotatable bonds is 3. The second-order valence-corrected chi connectivity index (χ2v) is 6.50. The minimum atomic E-state index is 0.0921. The van der Waals surface area contributed by atoms with Crippen LogP contribution in [0.15, 0.2) is 18.2 Å². The Morgan fingerprint density at radius 2 is 2.00 bits per heavy atom. The molecule has 0 bridgehead atoms. The number of fused-ring (bicyclic) bond motifs is 1. The average molecular weight is 303 g/mol. The Hall–Kier alpha value is -1.75. The average Bonchev–Trinajstić information content (AvgIpc) is 3.00. The van der Waals surface area contributed by atoms with Crippen LogP contribution in [-0.2, 0) is 16.0 Å². The Kier molecular flexibility index (Phi) is 3.45. The molecule has 2 aliphatic heterocycles. The number of ether oxygens (including phenoxy) is 3. The van der Waals surface area contributed by atoms with Crippen LogP contribution in [0.1, 0.15) is 31.2 Å². The second-order valence-electron chi connectivity index (χ2n) is 6.50. The molecule has 1 N–H and O–H groups in total. The molecule has 4 rings (SSSR count). The van der Waals surface area contributed by atoms with E-state index in [1.54, 1.807) is 0 Å². The first-order chi connectivity index (χ1) is 10.8. The SMILES string of the molecule is O=C(Cc1ccc2c(c1)OCO2)NC1CCC12CCOCC2. The van der Waals surface area contributed by atoms with Crippen molar-refractivity contribution in [2.45, 2.75) is 38.1 Å². The molecule has 1 atom stereocenters. The maximum absolute atomic E-state index is 12.3. The van der Waals surface area contributed by atoms with Crippen LogP contribution in [0, 0.1) is 5.41 Å². The molecule has 0 aromatic heterocycles. The first-order valence-electron chi connectivity index (χ1n) is 8.01. The van der Waals surface area contributed by atoms with E-state index in [1.165, 1.54) is 6.42 Å². The summed E-state index contributed by atoms with van der Waals surface area (Å²) in [4.78, 5) is 12.3. The Morgan fingerprint density at radius 1 is 1.18 bits per heavy atom. The summed E-state index contributed by atoms with van der Waals surface area (Å²) >= 11 is 0. The third-order valence-electron chi connectivity index (χ3n) is 5.30. The minimum absolute atomic E-state index is 0.0921. The lowest BCUT2D eigenvalue weighted by molar-refractivity contribution is -0.126. The van der Waals surface area contributed by atoms with Gasteiger partial charge in [-0.25, -0.2) is 0 Å². The minimum Gasteiger partial charge on any atom is -0.454 e. The molecule has 5 heteroatoms. The third-order valence-corrected chi connectivity index (χ3v) is 5.30. The van der Waals surface area contributed by atoms with Crippen molar-refractivity contribution in [2.75, 3.05) is 20.0 Å². The monoisotopic (exact) mass is 303 g/mol. The van der Waals surface area contributed by atoms with E-state index >= 15 is 0 Å². The zero-order chi connectivity index (χ0) is 15.0. The molecule has 1 unspecified atom stereocenters. The van der Waals surface area contributed by atoms with E-state index in [0.29, 0.717) is 17.9 Å². The smallest absolute Gasteiger partial charge is 0.231 e. The fraction of sp³-hybridized carbons (Fsp3) is 0.588. The van der Waals surface area contributed by atoms with E-state index in [-0.39, 0.29) is 12.7 Å². The lowest BCUT2D eigenvalue weighted by Gasteiger charge is -2.52. The van der Waals surface area contributed by atoms with Crippen LogP contribution in [0.25, 0.3) is 0 Å². The lowest BCUT2D eigenvalue weighted by Crippen LogP contribution is -2.57. The fourth-order valence-electron chi connectivity index (χ4n) is 3.78. The molecule has 22 heavy (non-hydrogen) atoms. The quantitative estimate of drug-likeness (QED) is 0.928. The van der Waals surface area contributed by atoms with E-state index in [0.717, 1.165) is 49.5 Å². The molecule has 1 aromatic rings. The Morgan fingerprint density at radius 3 is 2.77 bits per heavy atom. The highest BCUT2D eigenvalue weighted by Gasteiger charge is 2.47. The summed E-state index contributed by atoms with van der Waals surface area (Å²) in [6.07, 6.45) is 4.84. The number of nitrogens with one attached hydrogen (secondary N) is 1. The molecule has 0 radical (unpaired) electrons. The second kappa shape index (κ2) is 5.47. The number of hydrogen-bond acceptors (Lipinski definition) is 4. The van der Waals surface area contributed by atoms with E-state index < -0.39 is 0 Å². The van der Waals surface area contributed by atoms with Gasteiger partial charge in [-0.15, -0.1) is 0 Å². The molecule has 5 nitrogen and oxygen atoms in total. The van der Waals surface area contributed by atoms with Gasteiger partial charge in [-0.1, -0.05) is 6.07 Å². The van der Waals surface area contributed by atoms with Gasteiger partial charge in [0.25, 0.3) is 0 Å². The maximum atomic E-state index is 12.3. The fourth-order valence-corrected chi connectivity index (χ4v) is 3.78. The van der Waals surface area contributed by atoms with Crippen LogP contribution in [0.5, 0.6) is 11.5 Å². The van der Waals surface area contributed by atoms with Crippen molar-refractivity contribution < 1.29 is 19.0 Å². The zero-order valence-electron chi connectivity index (χ0n) is 12.6. The molecule has 1 saturated carbocycles. The number of carbonyl (C=O) groups excluding carboxylic acids is 1. The van der Waals surface area contributed by atoms with E-state index in [1.807, 2.05) is 18.2 Å². The van der Waals surface area contributed by atoms with Gasteiger partial charge in [0.1, 0.15) is 0 Å². The predicted octanol–water partition coefficient (Wildman–Crippen LogP) is 2.03. The summed E-state index contributed by atoms with van der Waals surface area (Å²) < 4.78 is 16.1. The van der Waals surface area contributed by atoms with Crippen LogP contribution in [0.2, 0.25) is 0 Å². The summed E-state index contributed by atoms with van der Waals surface area (Å²) in [6, 6.07) is 6.01. The van der Waals surface area contributed by atoms with Gasteiger partial charge < -0.3 is 19.5 Å². The highest BCUT2D eigenvalue weighted by molar-refractivity contribution is 5.79. The number of amides is 1. The van der Waals surface area contributed by atoms with Crippen LogP contribution in [0.4, 0.5) is 0 Å². The van der Waals surface area contributed by atoms with Crippen molar-refractivity contribution in [2.24, 2.45) is 5.41 Å². The topological polar surface area (TPSA) is 56.8 Å². The van der Waals surface area contributed by atoms with Crippen LogP contribution < -0.4 is 14.8 Å². The maximum Gasteiger partial charge on any atom is 0.231 e. The van der Waals surface area contributed by atoms with Gasteiger partial charge in [-0.05, 0) is 48.8 Å². The van der Waals surface area contributed by atoms with Crippen molar-refractivity contribution in [3.05, 3.63) is 23.8 Å². The van der Waals surface area contributed by atoms with Gasteiger partial charge in [0, 0.05) is 19.3 Å². The van der Waals surface area contributed by atoms with Crippen molar-refractivity contribution in [1.82, 2.24) is 5.32 Å². The molecule has 1 aromatic carbocycles. The molecular weight excluding hydrogens is 282 g/mol. The first-order valence-corrected chi connectivity index (χ1v) is 8.01. The summed E-state index contributed by atoms with van der Waals surface area (Å²) in [5.74, 6) is 1.58. The van der Waals surface area contributed by atoms with Crippen molar-refractivity contribution >= 4 is 5.91 Å². The summed E-state index contributed by atoms with van der Waals surface area (Å²) in [6.45, 7) is 1.92. The van der Waals surface area contributed by atoms with Crippen LogP contribution in [-0.4, -0.2) is 32.0 Å². The largest absolute Gasteiger partial charge is 0.454 e. The van der Waals surface area contributed by atoms with Crippen LogP contribution >= 0.6 is 0 Å². The summed E-state index contributed by atoms with van der Waals surface area (Å²) in [5, 5.41) is 3.23. The molecular formula is C17H21NO4. The molecule has 1 spiro atoms. The standard InChI is InChI=1S/C17H21NO4/c19-16(10-12-1-2-13-14(9-12)22-11-21-13)18-15-3-4-17(15)5-7-20-8-6-17/h1-2,9,15H,3-8,10-11H2,(H,18,19). The molecule has 2 heterocycles. The van der Waals surface area contributed by atoms with Gasteiger partial charge in [0.15, 0.2) is 11.5 Å². The summed E-state index contributed by atoms with van der Waals surface area (Å²) in [7, 11) is 0. The van der Waals surface area contributed by atoms with Crippen molar-refractivity contribution in [3.8, 4) is 11.5 Å². The molecule has 1 aliphatic carbocycles. The zero-order valence-corrected chi connectivity index (χ0v) is 12.6. The van der Waals surface area contributed by atoms with E-state index in [4.69, 9.17) is 14.2 Å². The lowest BCUT2D eigenvalue weighted by atomic mass is 9.60. The highest BCUT2D eigenvalue weighted by Crippen LogP contribution is 2.48. The van der Waals surface area contributed by atoms with E-state index in [9.17, 15) is 4.79 Å². The predicted molar refractivity (Wildman–Crippen MR) is 79.9 cm³/mol. The van der Waals surface area contributed by atoms with E-state index in [2.05, 4.69) is 5.32 Å². The Balaban J connectivity index is 1.37. The van der Waals surface area contributed by atoms with Gasteiger partial charge in [0.05, 0.1) is 6.42 Å². The number of benzene rings is 1. The van der Waals surface area contributed by atoms with Gasteiger partial charge in [0.2, 0.25) is 12.7 Å². The number of hydrogen-bond donors (Lipinski definition) is 1. The van der Waals surface area contributed by atoms with Gasteiger partial charge in [-0.2, -0.15) is 0 Å². The highest BCUT2D eigenvalue weighted by atomic mass is 16.7. The van der Waals surface area contributed by atoms with Gasteiger partial charge >= 0.3 is 0 Å². The third kappa shape index (κ3) is 2.43. The van der Waals surface area contributed by atoms with Crippen LogP contribution in [0.3, 0.4) is 0 Å². The molecule has 2 fully saturated rings. The summed E-state index contributed by atoms with van der Waals surface area (Å²) in [5.41, 5.74) is 1.25. The van der Waals surface area contributed by atoms with Crippen molar-refractivity contribution in [3.63, 3.8) is 0 Å². The van der Waals surface area contributed by atoms with Gasteiger partial charge in [-0.3, -0.25) is 4.79 Å². The Labute approximate surface area is 129 Å². The molecule has 1 saturated heterocycles. The number of carbonyl (C=O) groups is 1. The van der Waals surface area contributed by atoms with Crippen molar-refractivity contribution in [1.29, 1.82) is 0 Å². The molecule has 1 amide bonds.